The first-order valence-electron chi connectivity index (χ1n) is 40.2. The standard InChI is InChI=1S/C89H58O56/c90-28-1-17(2-29(91)50(28)102)77(120)131-15-42-72(74-75(88(135-42)144-78(121)18-3-30(92)51(103)31(93)4-18)142-83(126)23-10-37(99)56(108)63(115)47(23)49-25(84(127)141-74)14-41-70(65(49)117)137-86(129)27-12-39(101)58(110)67(119)69(27)134-41)139-87(130)26-11-38(100)57(109)66(118)68(26)133-40-13-24-48(64(116)59(40)111)46-22(9-36(98)55(107)62(46)114)82(125)140-73-71-43(136-89(76(73)143-85(24)128)145-79(122)19-5-32(94)52(104)33(95)6-19)16-132-80(123)20-7-34(96)53(105)60(112)44(20)45-21(81(124)138-71)8-35(97)54(106)61(45)113/h1-14,42-43,71-76,88-119H,15-16H2/t42-,43-,71-,72-,73+,74+,75-,76-,88+,89+/m1/s1. The van der Waals surface area contributed by atoms with E-state index in [1.54, 1.807) is 0 Å². The van der Waals surface area contributed by atoms with Crippen LogP contribution in [0.4, 0.5) is 0 Å². The number of benzene rings is 11. The molecule has 17 rings (SSSR count). The second-order valence-corrected chi connectivity index (χ2v) is 31.5. The van der Waals surface area contributed by atoms with Crippen molar-refractivity contribution in [2.24, 2.45) is 0 Å². The van der Waals surface area contributed by atoms with Gasteiger partial charge in [0.05, 0.1) is 50.1 Å². The van der Waals surface area contributed by atoms with Crippen molar-refractivity contribution in [3.63, 3.8) is 0 Å². The number of ether oxygens (including phenoxy) is 15. The number of carbonyl (C=O) groups excluding carboxylic acids is 11. The Hall–Kier alpha value is -20.9. The van der Waals surface area contributed by atoms with Gasteiger partial charge < -0.3 is 224 Å². The number of phenolic OH excluding ortho intramolecular Hbond substituents is 30. The van der Waals surface area contributed by atoms with Gasteiger partial charge in [0.2, 0.25) is 82.3 Å². The zero-order valence-electron chi connectivity index (χ0n) is 70.8. The molecule has 145 heavy (non-hydrogen) atoms. The highest BCUT2D eigenvalue weighted by atomic mass is 16.8. The van der Waals surface area contributed by atoms with Crippen LogP contribution in [0.3, 0.4) is 0 Å². The first-order valence-corrected chi connectivity index (χ1v) is 40.2. The van der Waals surface area contributed by atoms with Gasteiger partial charge in [0.15, 0.2) is 168 Å². The Morgan fingerprint density at radius 1 is 0.276 bits per heavy atom. The molecule has 6 aliphatic rings. The molecule has 6 aliphatic heterocycles. The SMILES string of the molecule is O=C(OC[C@H]1O[C@@H](OC(=O)c2cc(O)c(O)c(O)c2)[C@@H]2OC(=O)c3cc(O)c(O)c(O)c3-c3c(cc4c(c3O)OC(=O)c3cc(O)c(O)c(O)c3O4)C(=O)O[C@H]2[C@@H]1OC(=O)c1cc(O)c(O)c(O)c1Oc1cc2c(c(O)c1O)-c1c(cc(O)c(O)c1O)C(=O)O[C@@H]1[C@@H](OC2=O)[C@H](OC(=O)c2cc(O)c(O)c(O)c2)O[C@@H]2COC(=O)c3cc(O)c(O)c(O)c3-c3c(cc(O)c(O)c3O)C(=O)O[C@@H]12)c1cc(O)c(O)c(O)c1. The van der Waals surface area contributed by atoms with E-state index in [-0.39, 0.29) is 30.3 Å². The summed E-state index contributed by atoms with van der Waals surface area (Å²) in [6, 6.07) is 4.26. The van der Waals surface area contributed by atoms with Crippen LogP contribution in [0.1, 0.15) is 114 Å². The average molecular weight is 2020 g/mol. The van der Waals surface area contributed by atoms with Crippen LogP contribution >= 0.6 is 0 Å². The van der Waals surface area contributed by atoms with E-state index < -0.39 is 436 Å². The summed E-state index contributed by atoms with van der Waals surface area (Å²) in [6.45, 7) is -3.25. The molecule has 56 nitrogen and oxygen atoms in total. The van der Waals surface area contributed by atoms with Gasteiger partial charge in [-0.3, -0.25) is 0 Å². The summed E-state index contributed by atoms with van der Waals surface area (Å²) in [5.74, 6) is -75.7. The number of phenols is 30. The molecule has 0 aliphatic carbocycles. The van der Waals surface area contributed by atoms with Gasteiger partial charge in [-0.1, -0.05) is 0 Å². The molecule has 10 atom stereocenters. The molecule has 0 radical (unpaired) electrons. The fraction of sp³-hybridized carbons (Fsp3) is 0.135. The van der Waals surface area contributed by atoms with Crippen LogP contribution < -0.4 is 14.2 Å². The van der Waals surface area contributed by atoms with Gasteiger partial charge in [0, 0.05) is 57.6 Å². The molecule has 2 saturated heterocycles. The van der Waals surface area contributed by atoms with Crippen molar-refractivity contribution in [3.8, 4) is 235 Å². The Balaban J connectivity index is 0.828. The number of hydrogen-bond acceptors (Lipinski definition) is 56. The Morgan fingerprint density at radius 2 is 0.614 bits per heavy atom. The van der Waals surface area contributed by atoms with E-state index in [9.17, 15) is 177 Å². The molecular formula is C89H58O56. The number of aromatic hydroxyl groups is 30. The van der Waals surface area contributed by atoms with Gasteiger partial charge in [-0.05, 0) is 60.7 Å². The van der Waals surface area contributed by atoms with Crippen molar-refractivity contribution in [2.75, 3.05) is 13.2 Å². The molecule has 0 unspecified atom stereocenters. The molecule has 56 heteroatoms. The molecule has 6 heterocycles. The first-order chi connectivity index (χ1) is 68.3. The van der Waals surface area contributed by atoms with Crippen molar-refractivity contribution in [1.82, 2.24) is 0 Å². The molecular weight excluding hydrogens is 1960 g/mol. The molecule has 0 aromatic heterocycles. The molecule has 0 spiro atoms. The van der Waals surface area contributed by atoms with Crippen molar-refractivity contribution >= 4 is 65.7 Å². The topological polar surface area (TPSA) is 933 Å². The third kappa shape index (κ3) is 15.9. The number of rotatable bonds is 11. The predicted molar refractivity (Wildman–Crippen MR) is 447 cm³/mol. The maximum Gasteiger partial charge on any atom is 0.347 e. The van der Waals surface area contributed by atoms with Gasteiger partial charge in [0.1, 0.15) is 36.5 Å². The van der Waals surface area contributed by atoms with Crippen LogP contribution in [0.2, 0.25) is 0 Å². The Morgan fingerprint density at radius 3 is 1.06 bits per heavy atom. The van der Waals surface area contributed by atoms with Gasteiger partial charge >= 0.3 is 65.7 Å². The van der Waals surface area contributed by atoms with E-state index in [0.29, 0.717) is 54.6 Å². The minimum atomic E-state index is -3.14. The summed E-state index contributed by atoms with van der Waals surface area (Å²) < 4.78 is 86.4. The zero-order valence-corrected chi connectivity index (χ0v) is 70.8. The molecule has 11 aromatic rings. The summed E-state index contributed by atoms with van der Waals surface area (Å²) in [7, 11) is 0. The highest BCUT2D eigenvalue weighted by Gasteiger charge is 2.59. The number of hydrogen-bond donors (Lipinski definition) is 30. The van der Waals surface area contributed by atoms with Crippen molar-refractivity contribution in [1.29, 1.82) is 0 Å². The Bertz CT molecular complexity index is 7570. The number of fused-ring (bicyclic) bond motifs is 15. The lowest BCUT2D eigenvalue weighted by Gasteiger charge is -2.44. The Labute approximate surface area is 795 Å². The minimum absolute atomic E-state index is 0.0282. The summed E-state index contributed by atoms with van der Waals surface area (Å²) in [5.41, 5.74) is -22.6. The summed E-state index contributed by atoms with van der Waals surface area (Å²) in [4.78, 5) is 166. The Kier molecular flexibility index (Phi) is 23.1. The quantitative estimate of drug-likeness (QED) is 0.0360. The molecule has 0 saturated carbocycles. The summed E-state index contributed by atoms with van der Waals surface area (Å²) >= 11 is 0. The van der Waals surface area contributed by atoms with E-state index >= 15 is 28.8 Å². The van der Waals surface area contributed by atoms with Crippen LogP contribution in [0.15, 0.2) is 84.9 Å². The van der Waals surface area contributed by atoms with Crippen LogP contribution in [-0.4, -0.2) is 293 Å². The number of esters is 11. The van der Waals surface area contributed by atoms with Crippen LogP contribution in [0.25, 0.3) is 33.4 Å². The fourth-order valence-corrected chi connectivity index (χ4v) is 15.8. The average Bonchev–Trinajstić information content (AvgIpc) is 1.65. The molecule has 11 aromatic carbocycles. The second-order valence-electron chi connectivity index (χ2n) is 31.5. The maximum atomic E-state index is 16.0. The minimum Gasteiger partial charge on any atom is -0.504 e. The van der Waals surface area contributed by atoms with E-state index in [4.69, 9.17) is 71.1 Å². The van der Waals surface area contributed by atoms with Gasteiger partial charge in [-0.25, -0.2) is 52.7 Å². The second kappa shape index (κ2) is 35.0. The molecule has 0 bridgehead atoms. The van der Waals surface area contributed by atoms with Crippen LogP contribution in [0.5, 0.6) is 201 Å². The molecule has 750 valence electrons. The van der Waals surface area contributed by atoms with Gasteiger partial charge in [-0.15, -0.1) is 0 Å². The molecule has 0 amide bonds. The normalized spacial score (nSPS) is 19.2. The number of cyclic esters (lactones) is 1. The van der Waals surface area contributed by atoms with Crippen molar-refractivity contribution < 1.29 is 277 Å². The third-order valence-electron chi connectivity index (χ3n) is 22.8. The third-order valence-corrected chi connectivity index (χ3v) is 22.8. The van der Waals surface area contributed by atoms with Crippen LogP contribution in [0, 0.1) is 0 Å². The van der Waals surface area contributed by atoms with Gasteiger partial charge in [0.25, 0.3) is 0 Å². The monoisotopic (exact) mass is 2020 g/mol. The van der Waals surface area contributed by atoms with Gasteiger partial charge in [-0.2, -0.15) is 0 Å². The van der Waals surface area contributed by atoms with E-state index in [1.165, 1.54) is 0 Å². The van der Waals surface area contributed by atoms with E-state index in [0.717, 1.165) is 0 Å². The predicted octanol–water partition coefficient (Wildman–Crippen LogP) is 4.74. The lowest BCUT2D eigenvalue weighted by atomic mass is 9.90. The smallest absolute Gasteiger partial charge is 0.347 e. The van der Waals surface area contributed by atoms with E-state index in [2.05, 4.69) is 0 Å². The zero-order chi connectivity index (χ0) is 105. The molecule has 2 fully saturated rings. The van der Waals surface area contributed by atoms with Crippen molar-refractivity contribution in [2.45, 2.75) is 61.4 Å². The highest BCUT2D eigenvalue weighted by Crippen LogP contribution is 2.62. The summed E-state index contributed by atoms with van der Waals surface area (Å²) in [5, 5.41) is 334. The number of carbonyl (C=O) groups is 11. The maximum absolute atomic E-state index is 16.0. The van der Waals surface area contributed by atoms with Crippen molar-refractivity contribution in [3.05, 3.63) is 146 Å². The largest absolute Gasteiger partial charge is 0.504 e. The highest BCUT2D eigenvalue weighted by molar-refractivity contribution is 6.13. The lowest BCUT2D eigenvalue weighted by molar-refractivity contribution is -0.283. The summed E-state index contributed by atoms with van der Waals surface area (Å²) in [6.07, 6.45) is -29.4. The molecule has 30 N–H and O–H groups in total. The van der Waals surface area contributed by atoms with E-state index in [1.807, 2.05) is 0 Å². The lowest BCUT2D eigenvalue weighted by Crippen LogP contribution is -2.63. The first kappa shape index (κ1) is 95.8. The fourth-order valence-electron chi connectivity index (χ4n) is 15.8. The van der Waals surface area contributed by atoms with Crippen LogP contribution in [-0.2, 0) is 56.8 Å².